The van der Waals surface area contributed by atoms with Crippen molar-refractivity contribution in [1.82, 2.24) is 9.36 Å². The van der Waals surface area contributed by atoms with Gasteiger partial charge in [-0.15, -0.1) is 0 Å². The van der Waals surface area contributed by atoms with E-state index in [2.05, 4.69) is 4.68 Å². The number of aromatic nitrogens is 2. The van der Waals surface area contributed by atoms with Crippen LogP contribution in [0.4, 0.5) is 0 Å². The predicted molar refractivity (Wildman–Crippen MR) is 75.8 cm³/mol. The van der Waals surface area contributed by atoms with Crippen LogP contribution in [0.1, 0.15) is 18.9 Å². The van der Waals surface area contributed by atoms with Crippen LogP contribution in [0.5, 0.6) is 0 Å². The lowest BCUT2D eigenvalue weighted by Crippen LogP contribution is -2.20. The maximum Gasteiger partial charge on any atom is 0.275 e. The predicted octanol–water partition coefficient (Wildman–Crippen LogP) is 3.13. The van der Waals surface area contributed by atoms with Crippen LogP contribution in [0.15, 0.2) is 59.4 Å². The van der Waals surface area contributed by atoms with Crippen LogP contribution in [0, 0.1) is 0 Å². The number of rotatable bonds is 2. The molecule has 0 bridgehead atoms. The Morgan fingerprint density at radius 1 is 0.895 bits per heavy atom. The van der Waals surface area contributed by atoms with Gasteiger partial charge in [0.2, 0.25) is 0 Å². The zero-order chi connectivity index (χ0) is 12.8. The van der Waals surface area contributed by atoms with Crippen molar-refractivity contribution >= 4 is 10.9 Å². The Kier molecular flexibility index (Phi) is 2.15. The van der Waals surface area contributed by atoms with Crippen molar-refractivity contribution in [3.05, 3.63) is 65.0 Å². The third-order valence-electron chi connectivity index (χ3n) is 3.68. The van der Waals surface area contributed by atoms with Crippen LogP contribution in [0.3, 0.4) is 0 Å². The molecule has 2 aromatic carbocycles. The van der Waals surface area contributed by atoms with Gasteiger partial charge in [0, 0.05) is 0 Å². The van der Waals surface area contributed by atoms with E-state index in [0.29, 0.717) is 6.04 Å². The van der Waals surface area contributed by atoms with E-state index >= 15 is 0 Å². The molecule has 1 saturated carbocycles. The van der Waals surface area contributed by atoms with Gasteiger partial charge < -0.3 is 0 Å². The van der Waals surface area contributed by atoms with E-state index in [9.17, 15) is 4.79 Å². The third kappa shape index (κ3) is 1.55. The fraction of sp³-hybridized carbons (Fsp3) is 0.188. The van der Waals surface area contributed by atoms with Crippen LogP contribution >= 0.6 is 0 Å². The van der Waals surface area contributed by atoms with Gasteiger partial charge in [-0.3, -0.25) is 4.79 Å². The van der Waals surface area contributed by atoms with Crippen LogP contribution in [-0.4, -0.2) is 9.36 Å². The highest BCUT2D eigenvalue weighted by atomic mass is 16.1. The minimum absolute atomic E-state index is 0.127. The zero-order valence-corrected chi connectivity index (χ0v) is 10.5. The summed E-state index contributed by atoms with van der Waals surface area (Å²) in [5, 5.41) is 0.804. The SMILES string of the molecule is O=c1c2ccccc2n(-c2ccccc2)n1C1CC1. The molecule has 0 saturated heterocycles. The molecule has 0 radical (unpaired) electrons. The number of para-hydroxylation sites is 2. The first-order valence-electron chi connectivity index (χ1n) is 6.64. The normalized spacial score (nSPS) is 14.9. The average Bonchev–Trinajstić information content (AvgIpc) is 3.25. The number of hydrogen-bond donors (Lipinski definition) is 0. The Bertz CT molecular complexity index is 794. The molecule has 0 N–H and O–H groups in total. The summed E-state index contributed by atoms with van der Waals surface area (Å²) in [4.78, 5) is 12.5. The van der Waals surface area contributed by atoms with E-state index in [0.717, 1.165) is 29.4 Å². The smallest absolute Gasteiger partial charge is 0.267 e. The second-order valence-electron chi connectivity index (χ2n) is 5.05. The van der Waals surface area contributed by atoms with E-state index < -0.39 is 0 Å². The first-order valence-corrected chi connectivity index (χ1v) is 6.64. The largest absolute Gasteiger partial charge is 0.275 e. The summed E-state index contributed by atoms with van der Waals surface area (Å²) in [5.41, 5.74) is 2.17. The molecule has 1 fully saturated rings. The van der Waals surface area contributed by atoms with Crippen molar-refractivity contribution in [3.8, 4) is 5.69 Å². The van der Waals surface area contributed by atoms with E-state index in [4.69, 9.17) is 0 Å². The van der Waals surface area contributed by atoms with Crippen molar-refractivity contribution in [2.24, 2.45) is 0 Å². The van der Waals surface area contributed by atoms with Crippen molar-refractivity contribution < 1.29 is 0 Å². The molecule has 1 aliphatic rings. The molecule has 94 valence electrons. The number of fused-ring (bicyclic) bond motifs is 1. The highest BCUT2D eigenvalue weighted by Crippen LogP contribution is 2.35. The molecule has 1 heterocycles. The highest BCUT2D eigenvalue weighted by molar-refractivity contribution is 5.80. The molecule has 1 aromatic heterocycles. The summed E-state index contributed by atoms with van der Waals surface area (Å²) in [6, 6.07) is 18.3. The van der Waals surface area contributed by atoms with Gasteiger partial charge in [0.05, 0.1) is 22.6 Å². The van der Waals surface area contributed by atoms with Gasteiger partial charge in [0.1, 0.15) is 0 Å². The zero-order valence-electron chi connectivity index (χ0n) is 10.5. The second-order valence-corrected chi connectivity index (χ2v) is 5.05. The third-order valence-corrected chi connectivity index (χ3v) is 3.68. The summed E-state index contributed by atoms with van der Waals surface area (Å²) in [5.74, 6) is 0. The molecular weight excluding hydrogens is 236 g/mol. The fourth-order valence-corrected chi connectivity index (χ4v) is 2.65. The summed E-state index contributed by atoms with van der Waals surface area (Å²) in [6.07, 6.45) is 2.20. The molecule has 3 aromatic rings. The van der Waals surface area contributed by atoms with E-state index in [-0.39, 0.29) is 5.56 Å². The Morgan fingerprint density at radius 2 is 1.58 bits per heavy atom. The topological polar surface area (TPSA) is 26.9 Å². The molecular formula is C16H14N2O. The number of benzene rings is 2. The molecule has 1 aliphatic carbocycles. The van der Waals surface area contributed by atoms with Crippen LogP contribution < -0.4 is 5.56 Å². The van der Waals surface area contributed by atoms with Gasteiger partial charge in [0.25, 0.3) is 5.56 Å². The van der Waals surface area contributed by atoms with Crippen molar-refractivity contribution in [2.45, 2.75) is 18.9 Å². The first-order chi connectivity index (χ1) is 9.36. The molecule has 0 aliphatic heterocycles. The van der Waals surface area contributed by atoms with Crippen LogP contribution in [0.25, 0.3) is 16.6 Å². The van der Waals surface area contributed by atoms with E-state index in [1.165, 1.54) is 0 Å². The molecule has 19 heavy (non-hydrogen) atoms. The Balaban J connectivity index is 2.13. The maximum atomic E-state index is 12.5. The van der Waals surface area contributed by atoms with Gasteiger partial charge in [-0.25, -0.2) is 9.36 Å². The molecule has 0 amide bonds. The Morgan fingerprint density at radius 3 is 2.32 bits per heavy atom. The number of hydrogen-bond acceptors (Lipinski definition) is 1. The van der Waals surface area contributed by atoms with Gasteiger partial charge in [-0.1, -0.05) is 30.3 Å². The Hall–Kier alpha value is -2.29. The minimum atomic E-state index is 0.127. The second kappa shape index (κ2) is 3.85. The highest BCUT2D eigenvalue weighted by Gasteiger charge is 2.29. The average molecular weight is 250 g/mol. The van der Waals surface area contributed by atoms with Gasteiger partial charge in [-0.05, 0) is 37.1 Å². The lowest BCUT2D eigenvalue weighted by molar-refractivity contribution is 0.562. The molecule has 4 rings (SSSR count). The van der Waals surface area contributed by atoms with Gasteiger partial charge in [0.15, 0.2) is 0 Å². The summed E-state index contributed by atoms with van der Waals surface area (Å²) < 4.78 is 3.98. The lowest BCUT2D eigenvalue weighted by Gasteiger charge is -2.11. The molecule has 3 heteroatoms. The molecule has 0 spiro atoms. The summed E-state index contributed by atoms with van der Waals surface area (Å²) in [6.45, 7) is 0. The standard InChI is InChI=1S/C16H14N2O/c19-16-14-8-4-5-9-15(14)17(18(16)13-10-11-13)12-6-2-1-3-7-12/h1-9,13H,10-11H2. The summed E-state index contributed by atoms with van der Waals surface area (Å²) >= 11 is 0. The molecule has 0 atom stereocenters. The monoisotopic (exact) mass is 250 g/mol. The fourth-order valence-electron chi connectivity index (χ4n) is 2.65. The van der Waals surface area contributed by atoms with Crippen molar-refractivity contribution in [1.29, 1.82) is 0 Å². The maximum absolute atomic E-state index is 12.5. The van der Waals surface area contributed by atoms with E-state index in [1.807, 2.05) is 59.3 Å². The molecule has 0 unspecified atom stereocenters. The van der Waals surface area contributed by atoms with Crippen molar-refractivity contribution in [3.63, 3.8) is 0 Å². The minimum Gasteiger partial charge on any atom is -0.267 e. The quantitative estimate of drug-likeness (QED) is 0.686. The van der Waals surface area contributed by atoms with Crippen LogP contribution in [0.2, 0.25) is 0 Å². The Labute approximate surface area is 110 Å². The lowest BCUT2D eigenvalue weighted by atomic mass is 10.2. The van der Waals surface area contributed by atoms with Gasteiger partial charge >= 0.3 is 0 Å². The van der Waals surface area contributed by atoms with Gasteiger partial charge in [-0.2, -0.15) is 0 Å². The van der Waals surface area contributed by atoms with E-state index in [1.54, 1.807) is 0 Å². The first kappa shape index (κ1) is 10.6. The van der Waals surface area contributed by atoms with Crippen LogP contribution in [-0.2, 0) is 0 Å². The summed E-state index contributed by atoms with van der Waals surface area (Å²) in [7, 11) is 0. The molecule has 3 nitrogen and oxygen atoms in total. The van der Waals surface area contributed by atoms with Crippen molar-refractivity contribution in [2.75, 3.05) is 0 Å². The number of nitrogens with zero attached hydrogens (tertiary/aromatic N) is 2.